The van der Waals surface area contributed by atoms with E-state index >= 15 is 0 Å². The molecule has 1 saturated heterocycles. The topological polar surface area (TPSA) is 110 Å². The second kappa shape index (κ2) is 8.49. The van der Waals surface area contributed by atoms with Gasteiger partial charge in [0.05, 0.1) is 12.5 Å². The molecule has 4 aromatic rings. The number of ether oxygens (including phenoxy) is 1. The van der Waals surface area contributed by atoms with E-state index in [0.717, 1.165) is 48.8 Å². The molecular formula is C25H24N6O3. The molecule has 6 rings (SSSR count). The van der Waals surface area contributed by atoms with Gasteiger partial charge in [0.15, 0.2) is 5.82 Å². The number of aliphatic hydroxyl groups is 1. The summed E-state index contributed by atoms with van der Waals surface area (Å²) in [5.41, 5.74) is 1.93. The maximum Gasteiger partial charge on any atom is 0.268 e. The molecule has 2 aliphatic rings. The SMILES string of the molecule is OC1CC2(CCN(c3ccc(-c4nnc(Cc5ccccn5)o4)nn3)CC2)Oc2ccccc21. The van der Waals surface area contributed by atoms with Crippen LogP contribution in [0.5, 0.6) is 5.75 Å². The van der Waals surface area contributed by atoms with Crippen molar-refractivity contribution in [2.45, 2.75) is 37.4 Å². The summed E-state index contributed by atoms with van der Waals surface area (Å²) in [5.74, 6) is 2.41. The van der Waals surface area contributed by atoms with Gasteiger partial charge in [0.25, 0.3) is 5.89 Å². The first-order valence-electron chi connectivity index (χ1n) is 11.4. The lowest BCUT2D eigenvalue weighted by atomic mass is 9.81. The van der Waals surface area contributed by atoms with Gasteiger partial charge in [-0.3, -0.25) is 4.98 Å². The first-order chi connectivity index (χ1) is 16.7. The molecule has 9 heteroatoms. The van der Waals surface area contributed by atoms with Gasteiger partial charge in [0.1, 0.15) is 17.0 Å². The van der Waals surface area contributed by atoms with Crippen molar-refractivity contribution >= 4 is 5.82 Å². The molecule has 1 unspecified atom stereocenters. The second-order valence-corrected chi connectivity index (χ2v) is 8.81. The summed E-state index contributed by atoms with van der Waals surface area (Å²) in [5, 5.41) is 27.6. The molecule has 0 aliphatic carbocycles. The van der Waals surface area contributed by atoms with Crippen LogP contribution in [-0.4, -0.2) is 49.2 Å². The fraction of sp³-hybridized carbons (Fsp3) is 0.320. The van der Waals surface area contributed by atoms with Gasteiger partial charge >= 0.3 is 0 Å². The predicted octanol–water partition coefficient (Wildman–Crippen LogP) is 3.37. The van der Waals surface area contributed by atoms with Crippen LogP contribution in [0.3, 0.4) is 0 Å². The summed E-state index contributed by atoms with van der Waals surface area (Å²) in [6.07, 6.45) is 3.94. The molecule has 1 N–H and O–H groups in total. The number of nitrogens with zero attached hydrogens (tertiary/aromatic N) is 6. The Morgan fingerprint density at radius 1 is 0.941 bits per heavy atom. The Morgan fingerprint density at radius 2 is 1.79 bits per heavy atom. The molecule has 0 radical (unpaired) electrons. The van der Waals surface area contributed by atoms with Crippen molar-refractivity contribution in [3.05, 3.63) is 77.9 Å². The van der Waals surface area contributed by atoms with Crippen LogP contribution in [0.4, 0.5) is 5.82 Å². The lowest BCUT2D eigenvalue weighted by molar-refractivity contribution is -0.0300. The van der Waals surface area contributed by atoms with Gasteiger partial charge in [0.2, 0.25) is 5.89 Å². The summed E-state index contributed by atoms with van der Waals surface area (Å²) >= 11 is 0. The minimum Gasteiger partial charge on any atom is -0.487 e. The average Bonchev–Trinajstić information content (AvgIpc) is 3.34. The molecule has 9 nitrogen and oxygen atoms in total. The van der Waals surface area contributed by atoms with Crippen LogP contribution in [0, 0.1) is 0 Å². The number of para-hydroxylation sites is 1. The quantitative estimate of drug-likeness (QED) is 0.494. The molecule has 34 heavy (non-hydrogen) atoms. The fourth-order valence-corrected chi connectivity index (χ4v) is 4.73. The normalized spacial score (nSPS) is 19.0. The van der Waals surface area contributed by atoms with Gasteiger partial charge in [-0.05, 0) is 30.3 Å². The van der Waals surface area contributed by atoms with Crippen LogP contribution in [-0.2, 0) is 6.42 Å². The van der Waals surface area contributed by atoms with Crippen molar-refractivity contribution in [3.8, 4) is 17.3 Å². The van der Waals surface area contributed by atoms with Crippen molar-refractivity contribution in [2.75, 3.05) is 18.0 Å². The summed E-state index contributed by atoms with van der Waals surface area (Å²) in [4.78, 5) is 6.48. The number of hydrogen-bond donors (Lipinski definition) is 1. The Labute approximate surface area is 196 Å². The summed E-state index contributed by atoms with van der Waals surface area (Å²) in [6, 6.07) is 17.2. The van der Waals surface area contributed by atoms with Crippen LogP contribution in [0.1, 0.15) is 42.5 Å². The van der Waals surface area contributed by atoms with E-state index in [1.165, 1.54) is 0 Å². The summed E-state index contributed by atoms with van der Waals surface area (Å²) < 4.78 is 12.1. The van der Waals surface area contributed by atoms with Crippen molar-refractivity contribution in [1.82, 2.24) is 25.4 Å². The van der Waals surface area contributed by atoms with E-state index in [1.807, 2.05) is 54.6 Å². The van der Waals surface area contributed by atoms with Gasteiger partial charge in [-0.2, -0.15) is 0 Å². The highest BCUT2D eigenvalue weighted by molar-refractivity contribution is 5.49. The number of aromatic nitrogens is 5. The largest absolute Gasteiger partial charge is 0.487 e. The highest BCUT2D eigenvalue weighted by Crippen LogP contribution is 2.44. The first-order valence-corrected chi connectivity index (χ1v) is 11.4. The fourth-order valence-electron chi connectivity index (χ4n) is 4.73. The standard InChI is InChI=1S/C25H24N6O3/c32-20-16-25(34-21-7-2-1-6-18(20)21)10-13-31(14-11-25)22-9-8-19(27-28-22)24-30-29-23(33-24)15-17-5-3-4-12-26-17/h1-9,12,20,32H,10-11,13-16H2. The van der Waals surface area contributed by atoms with E-state index in [9.17, 15) is 5.11 Å². The number of pyridine rings is 1. The maximum atomic E-state index is 10.6. The Hall–Kier alpha value is -3.85. The van der Waals surface area contributed by atoms with E-state index in [0.29, 0.717) is 30.3 Å². The number of aliphatic hydroxyl groups excluding tert-OH is 1. The molecular weight excluding hydrogens is 432 g/mol. The van der Waals surface area contributed by atoms with Crippen LogP contribution in [0.15, 0.2) is 65.2 Å². The molecule has 3 aromatic heterocycles. The average molecular weight is 457 g/mol. The van der Waals surface area contributed by atoms with E-state index < -0.39 is 6.10 Å². The first kappa shape index (κ1) is 20.7. The second-order valence-electron chi connectivity index (χ2n) is 8.81. The monoisotopic (exact) mass is 456 g/mol. The van der Waals surface area contributed by atoms with Crippen molar-refractivity contribution < 1.29 is 14.3 Å². The third kappa shape index (κ3) is 3.99. The number of anilines is 1. The molecule has 1 aromatic carbocycles. The molecule has 1 atom stereocenters. The predicted molar refractivity (Wildman–Crippen MR) is 123 cm³/mol. The molecule has 0 amide bonds. The molecule has 1 spiro atoms. The molecule has 0 saturated carbocycles. The van der Waals surface area contributed by atoms with E-state index in [1.54, 1.807) is 6.20 Å². The Morgan fingerprint density at radius 3 is 2.59 bits per heavy atom. The molecule has 2 aliphatic heterocycles. The minimum absolute atomic E-state index is 0.339. The molecule has 172 valence electrons. The van der Waals surface area contributed by atoms with Crippen LogP contribution < -0.4 is 9.64 Å². The van der Waals surface area contributed by atoms with Gasteiger partial charge in [-0.15, -0.1) is 20.4 Å². The summed E-state index contributed by atoms with van der Waals surface area (Å²) in [6.45, 7) is 1.55. The Balaban J connectivity index is 1.11. The third-order valence-corrected chi connectivity index (χ3v) is 6.56. The number of rotatable bonds is 4. The van der Waals surface area contributed by atoms with E-state index in [4.69, 9.17) is 9.15 Å². The lowest BCUT2D eigenvalue weighted by Gasteiger charge is -2.46. The zero-order valence-electron chi connectivity index (χ0n) is 18.5. The smallest absolute Gasteiger partial charge is 0.268 e. The van der Waals surface area contributed by atoms with Crippen molar-refractivity contribution in [1.29, 1.82) is 0 Å². The van der Waals surface area contributed by atoms with Crippen LogP contribution >= 0.6 is 0 Å². The maximum absolute atomic E-state index is 10.6. The molecule has 0 bridgehead atoms. The summed E-state index contributed by atoms with van der Waals surface area (Å²) in [7, 11) is 0. The lowest BCUT2D eigenvalue weighted by Crippen LogP contribution is -2.50. The third-order valence-electron chi connectivity index (χ3n) is 6.56. The zero-order valence-corrected chi connectivity index (χ0v) is 18.5. The van der Waals surface area contributed by atoms with Crippen LogP contribution in [0.2, 0.25) is 0 Å². The van der Waals surface area contributed by atoms with Gasteiger partial charge < -0.3 is 19.2 Å². The highest BCUT2D eigenvalue weighted by atomic mass is 16.5. The van der Waals surface area contributed by atoms with Crippen LogP contribution in [0.25, 0.3) is 11.6 Å². The van der Waals surface area contributed by atoms with Crippen molar-refractivity contribution in [3.63, 3.8) is 0 Å². The van der Waals surface area contributed by atoms with Crippen molar-refractivity contribution in [2.24, 2.45) is 0 Å². The van der Waals surface area contributed by atoms with E-state index in [-0.39, 0.29) is 5.60 Å². The minimum atomic E-state index is -0.493. The highest BCUT2D eigenvalue weighted by Gasteiger charge is 2.43. The van der Waals surface area contributed by atoms with Gasteiger partial charge in [-0.1, -0.05) is 24.3 Å². The molecule has 1 fully saturated rings. The number of piperidine rings is 1. The van der Waals surface area contributed by atoms with Gasteiger partial charge in [-0.25, -0.2) is 0 Å². The zero-order chi connectivity index (χ0) is 23.0. The molecule has 5 heterocycles. The van der Waals surface area contributed by atoms with E-state index in [2.05, 4.69) is 30.3 Å². The Kier molecular flexibility index (Phi) is 5.18. The Bertz CT molecular complexity index is 1270. The number of hydrogen-bond acceptors (Lipinski definition) is 9. The number of benzene rings is 1. The van der Waals surface area contributed by atoms with Gasteiger partial charge in [0, 0.05) is 49.8 Å². The number of fused-ring (bicyclic) bond motifs is 1.